The highest BCUT2D eigenvalue weighted by Crippen LogP contribution is 2.04. The van der Waals surface area contributed by atoms with Gasteiger partial charge in [0.1, 0.15) is 0 Å². The SMILES string of the molecule is CCC(C)C(N)C(=O)NCC(=O)NCCc1ccccc1.Cl. The lowest BCUT2D eigenvalue weighted by atomic mass is 9.99. The molecule has 0 fully saturated rings. The predicted octanol–water partition coefficient (Wildman–Crippen LogP) is 1.26. The Balaban J connectivity index is 0.00000441. The van der Waals surface area contributed by atoms with E-state index in [2.05, 4.69) is 10.6 Å². The maximum Gasteiger partial charge on any atom is 0.239 e. The van der Waals surface area contributed by atoms with E-state index in [4.69, 9.17) is 5.73 Å². The first kappa shape index (κ1) is 20.4. The summed E-state index contributed by atoms with van der Waals surface area (Å²) in [6.07, 6.45) is 1.60. The Bertz CT molecular complexity index is 454. The lowest BCUT2D eigenvalue weighted by Crippen LogP contribution is -2.47. The molecule has 6 heteroatoms. The summed E-state index contributed by atoms with van der Waals surface area (Å²) in [5, 5.41) is 5.34. The number of carbonyl (C=O) groups is 2. The van der Waals surface area contributed by atoms with Crippen molar-refractivity contribution < 1.29 is 9.59 Å². The molecule has 0 saturated carbocycles. The Morgan fingerprint density at radius 2 is 1.82 bits per heavy atom. The number of nitrogens with two attached hydrogens (primary N) is 1. The number of halogens is 1. The van der Waals surface area contributed by atoms with Gasteiger partial charge >= 0.3 is 0 Å². The fourth-order valence-electron chi connectivity index (χ4n) is 1.85. The highest BCUT2D eigenvalue weighted by atomic mass is 35.5. The fraction of sp³-hybridized carbons (Fsp3) is 0.500. The minimum absolute atomic E-state index is 0. The van der Waals surface area contributed by atoms with Crippen LogP contribution in [0, 0.1) is 5.92 Å². The zero-order chi connectivity index (χ0) is 15.7. The zero-order valence-electron chi connectivity index (χ0n) is 13.2. The standard InChI is InChI=1S/C16H25N3O2.ClH/c1-3-12(2)15(17)16(21)19-11-14(20)18-10-9-13-7-5-4-6-8-13;/h4-8,12,15H,3,9-11,17H2,1-2H3,(H,18,20)(H,19,21);1H. The molecule has 0 heterocycles. The Morgan fingerprint density at radius 1 is 1.18 bits per heavy atom. The second kappa shape index (κ2) is 11.0. The van der Waals surface area contributed by atoms with Gasteiger partial charge in [0.05, 0.1) is 12.6 Å². The molecule has 2 unspecified atom stereocenters. The van der Waals surface area contributed by atoms with Gasteiger partial charge in [-0.3, -0.25) is 9.59 Å². The zero-order valence-corrected chi connectivity index (χ0v) is 14.0. The topological polar surface area (TPSA) is 84.2 Å². The van der Waals surface area contributed by atoms with Gasteiger partial charge in [-0.2, -0.15) is 0 Å². The molecule has 0 aliphatic rings. The van der Waals surface area contributed by atoms with E-state index < -0.39 is 6.04 Å². The third kappa shape index (κ3) is 7.43. The molecular weight excluding hydrogens is 302 g/mol. The first-order chi connectivity index (χ1) is 10.0. The third-order valence-corrected chi connectivity index (χ3v) is 3.56. The van der Waals surface area contributed by atoms with E-state index >= 15 is 0 Å². The smallest absolute Gasteiger partial charge is 0.239 e. The maximum atomic E-state index is 11.7. The van der Waals surface area contributed by atoms with Gasteiger partial charge < -0.3 is 16.4 Å². The Labute approximate surface area is 138 Å². The Hall–Kier alpha value is -1.59. The highest BCUT2D eigenvalue weighted by molar-refractivity contribution is 5.87. The van der Waals surface area contributed by atoms with Crippen molar-refractivity contribution >= 4 is 24.2 Å². The molecular formula is C16H26ClN3O2. The first-order valence-corrected chi connectivity index (χ1v) is 7.38. The summed E-state index contributed by atoms with van der Waals surface area (Å²) in [4.78, 5) is 23.4. The van der Waals surface area contributed by atoms with E-state index in [1.165, 1.54) is 5.56 Å². The predicted molar refractivity (Wildman–Crippen MR) is 90.8 cm³/mol. The van der Waals surface area contributed by atoms with Crippen LogP contribution in [0.4, 0.5) is 0 Å². The van der Waals surface area contributed by atoms with Crippen LogP contribution < -0.4 is 16.4 Å². The molecule has 1 rings (SSSR count). The second-order valence-electron chi connectivity index (χ2n) is 5.21. The molecule has 124 valence electrons. The van der Waals surface area contributed by atoms with Crippen molar-refractivity contribution in [2.24, 2.45) is 11.7 Å². The van der Waals surface area contributed by atoms with E-state index in [1.54, 1.807) is 0 Å². The normalized spacial score (nSPS) is 12.7. The Kier molecular flexibility index (Phi) is 10.2. The molecule has 1 aromatic rings. The summed E-state index contributed by atoms with van der Waals surface area (Å²) in [5.74, 6) is -0.371. The molecule has 4 N–H and O–H groups in total. The molecule has 0 saturated heterocycles. The molecule has 0 aromatic heterocycles. The van der Waals surface area contributed by atoms with Gasteiger partial charge in [-0.25, -0.2) is 0 Å². The summed E-state index contributed by atoms with van der Waals surface area (Å²) in [5.41, 5.74) is 6.96. The van der Waals surface area contributed by atoms with E-state index in [0.717, 1.165) is 12.8 Å². The van der Waals surface area contributed by atoms with E-state index in [0.29, 0.717) is 6.54 Å². The number of hydrogen-bond acceptors (Lipinski definition) is 3. The highest BCUT2D eigenvalue weighted by Gasteiger charge is 2.19. The van der Waals surface area contributed by atoms with Crippen LogP contribution in [0.25, 0.3) is 0 Å². The second-order valence-corrected chi connectivity index (χ2v) is 5.21. The van der Waals surface area contributed by atoms with Gasteiger partial charge in [0.2, 0.25) is 11.8 Å². The Morgan fingerprint density at radius 3 is 2.41 bits per heavy atom. The average molecular weight is 328 g/mol. The number of nitrogens with one attached hydrogen (secondary N) is 2. The molecule has 5 nitrogen and oxygen atoms in total. The van der Waals surface area contributed by atoms with Gasteiger partial charge in [-0.1, -0.05) is 50.6 Å². The van der Waals surface area contributed by atoms with Crippen molar-refractivity contribution in [3.8, 4) is 0 Å². The molecule has 0 aliphatic carbocycles. The molecule has 22 heavy (non-hydrogen) atoms. The fourth-order valence-corrected chi connectivity index (χ4v) is 1.85. The van der Waals surface area contributed by atoms with Gasteiger partial charge in [0, 0.05) is 6.54 Å². The van der Waals surface area contributed by atoms with Crippen molar-refractivity contribution in [3.05, 3.63) is 35.9 Å². The number of rotatable bonds is 8. The molecule has 0 aliphatic heterocycles. The van der Waals surface area contributed by atoms with Crippen molar-refractivity contribution in [3.63, 3.8) is 0 Å². The van der Waals surface area contributed by atoms with Crippen LogP contribution in [0.3, 0.4) is 0 Å². The van der Waals surface area contributed by atoms with Crippen LogP contribution in [0.5, 0.6) is 0 Å². The van der Waals surface area contributed by atoms with Gasteiger partial charge in [-0.05, 0) is 17.9 Å². The largest absolute Gasteiger partial charge is 0.354 e. The van der Waals surface area contributed by atoms with Crippen LogP contribution in [0.1, 0.15) is 25.8 Å². The quantitative estimate of drug-likeness (QED) is 0.672. The molecule has 2 atom stereocenters. The summed E-state index contributed by atoms with van der Waals surface area (Å²) < 4.78 is 0. The van der Waals surface area contributed by atoms with Crippen molar-refractivity contribution in [1.82, 2.24) is 10.6 Å². The third-order valence-electron chi connectivity index (χ3n) is 3.56. The van der Waals surface area contributed by atoms with E-state index in [-0.39, 0.29) is 36.7 Å². The van der Waals surface area contributed by atoms with E-state index in [9.17, 15) is 9.59 Å². The summed E-state index contributed by atoms with van der Waals surface area (Å²) in [7, 11) is 0. The minimum Gasteiger partial charge on any atom is -0.354 e. The molecule has 0 spiro atoms. The number of carbonyl (C=O) groups excluding carboxylic acids is 2. The first-order valence-electron chi connectivity index (χ1n) is 7.38. The van der Waals surface area contributed by atoms with Gasteiger partial charge in [-0.15, -0.1) is 12.4 Å². The number of hydrogen-bond donors (Lipinski definition) is 3. The minimum atomic E-state index is -0.563. The molecule has 2 amide bonds. The van der Waals surface area contributed by atoms with Crippen LogP contribution >= 0.6 is 12.4 Å². The van der Waals surface area contributed by atoms with Crippen molar-refractivity contribution in [2.75, 3.05) is 13.1 Å². The van der Waals surface area contributed by atoms with Gasteiger partial charge in [0.15, 0.2) is 0 Å². The van der Waals surface area contributed by atoms with Crippen molar-refractivity contribution in [2.45, 2.75) is 32.7 Å². The van der Waals surface area contributed by atoms with Crippen LogP contribution in [0.15, 0.2) is 30.3 Å². The molecule has 0 bridgehead atoms. The summed E-state index contributed by atoms with van der Waals surface area (Å²) in [6.45, 7) is 4.42. The van der Waals surface area contributed by atoms with Crippen LogP contribution in [-0.2, 0) is 16.0 Å². The lowest BCUT2D eigenvalue weighted by molar-refractivity contribution is -0.127. The summed E-state index contributed by atoms with van der Waals surface area (Å²) in [6, 6.07) is 9.35. The number of benzene rings is 1. The maximum absolute atomic E-state index is 11.7. The molecule has 1 aromatic carbocycles. The summed E-state index contributed by atoms with van der Waals surface area (Å²) >= 11 is 0. The monoisotopic (exact) mass is 327 g/mol. The molecule has 0 radical (unpaired) electrons. The van der Waals surface area contributed by atoms with Crippen molar-refractivity contribution in [1.29, 1.82) is 0 Å². The van der Waals surface area contributed by atoms with Crippen LogP contribution in [-0.4, -0.2) is 30.9 Å². The van der Waals surface area contributed by atoms with Crippen LogP contribution in [0.2, 0.25) is 0 Å². The average Bonchev–Trinajstić information content (AvgIpc) is 2.52. The van der Waals surface area contributed by atoms with Gasteiger partial charge in [0.25, 0.3) is 0 Å². The van der Waals surface area contributed by atoms with E-state index in [1.807, 2.05) is 44.2 Å². The lowest BCUT2D eigenvalue weighted by Gasteiger charge is -2.17. The number of amides is 2.